The highest BCUT2D eigenvalue weighted by molar-refractivity contribution is 5.93. The van der Waals surface area contributed by atoms with E-state index in [4.69, 9.17) is 4.74 Å². The molecule has 0 spiro atoms. The van der Waals surface area contributed by atoms with Gasteiger partial charge in [0.15, 0.2) is 0 Å². The third-order valence-corrected chi connectivity index (χ3v) is 3.35. The van der Waals surface area contributed by atoms with Crippen LogP contribution in [-0.4, -0.2) is 42.2 Å². The molecule has 1 aromatic carbocycles. The number of nitrogens with one attached hydrogen (secondary N) is 1. The molecule has 0 saturated carbocycles. The summed E-state index contributed by atoms with van der Waals surface area (Å²) in [5.74, 6) is -0.102. The first-order valence-corrected chi connectivity index (χ1v) is 6.97. The number of nitrogens with zero attached hydrogens (tertiary/aromatic N) is 3. The zero-order chi connectivity index (χ0) is 15.4. The lowest BCUT2D eigenvalue weighted by Crippen LogP contribution is -2.37. The van der Waals surface area contributed by atoms with Gasteiger partial charge in [0.1, 0.15) is 5.82 Å². The fourth-order valence-corrected chi connectivity index (χ4v) is 2.24. The number of anilines is 3. The van der Waals surface area contributed by atoms with Crippen LogP contribution in [0.5, 0.6) is 0 Å². The summed E-state index contributed by atoms with van der Waals surface area (Å²) in [6, 6.07) is 8.24. The largest absolute Gasteiger partial charge is 0.545 e. The van der Waals surface area contributed by atoms with Gasteiger partial charge in [-0.3, -0.25) is 0 Å². The highest BCUT2D eigenvalue weighted by atomic mass is 16.5. The normalized spacial score (nSPS) is 14.6. The second-order valence-electron chi connectivity index (χ2n) is 4.80. The summed E-state index contributed by atoms with van der Waals surface area (Å²) < 4.78 is 5.30. The maximum atomic E-state index is 11.1. The standard InChI is InChI=1S/C15H16N4O3/c20-14(21)11-3-1-2-4-12(11)17-13-5-6-16-15(18-13)19-7-9-22-10-8-19/h1-6H,7-10H2,(H,20,21)(H,16,17,18)/p-1. The summed E-state index contributed by atoms with van der Waals surface area (Å²) >= 11 is 0. The van der Waals surface area contributed by atoms with Gasteiger partial charge in [-0.05, 0) is 12.1 Å². The van der Waals surface area contributed by atoms with Gasteiger partial charge in [0.25, 0.3) is 0 Å². The van der Waals surface area contributed by atoms with Gasteiger partial charge in [-0.1, -0.05) is 18.2 Å². The highest BCUT2D eigenvalue weighted by Crippen LogP contribution is 2.20. The maximum absolute atomic E-state index is 11.1. The van der Waals surface area contributed by atoms with Crippen LogP contribution in [0.1, 0.15) is 10.4 Å². The summed E-state index contributed by atoms with van der Waals surface area (Å²) in [7, 11) is 0. The topological polar surface area (TPSA) is 90.4 Å². The highest BCUT2D eigenvalue weighted by Gasteiger charge is 2.14. The first-order valence-electron chi connectivity index (χ1n) is 6.97. The minimum absolute atomic E-state index is 0.0917. The summed E-state index contributed by atoms with van der Waals surface area (Å²) in [6.07, 6.45) is 1.64. The Kier molecular flexibility index (Phi) is 4.15. The van der Waals surface area contributed by atoms with E-state index in [9.17, 15) is 9.90 Å². The molecular formula is C15H15N4O3-. The van der Waals surface area contributed by atoms with Crippen LogP contribution < -0.4 is 15.3 Å². The lowest BCUT2D eigenvalue weighted by atomic mass is 10.2. The van der Waals surface area contributed by atoms with Crippen LogP contribution in [0.3, 0.4) is 0 Å². The lowest BCUT2D eigenvalue weighted by Gasteiger charge is -2.26. The minimum atomic E-state index is -1.23. The van der Waals surface area contributed by atoms with Gasteiger partial charge < -0.3 is 24.9 Å². The Morgan fingerprint density at radius 2 is 2.00 bits per heavy atom. The van der Waals surface area contributed by atoms with Crippen molar-refractivity contribution in [3.63, 3.8) is 0 Å². The van der Waals surface area contributed by atoms with Gasteiger partial charge in [0, 0.05) is 30.5 Å². The van der Waals surface area contributed by atoms with E-state index in [-0.39, 0.29) is 5.56 Å². The number of carboxylic acid groups (broad SMARTS) is 1. The van der Waals surface area contributed by atoms with Crippen molar-refractivity contribution in [3.8, 4) is 0 Å². The van der Waals surface area contributed by atoms with Crippen molar-refractivity contribution in [1.29, 1.82) is 0 Å². The molecule has 0 radical (unpaired) electrons. The Bertz CT molecular complexity index is 671. The summed E-state index contributed by atoms with van der Waals surface area (Å²) in [5, 5.41) is 14.1. The van der Waals surface area contributed by atoms with Crippen LogP contribution in [0.4, 0.5) is 17.5 Å². The molecular weight excluding hydrogens is 284 g/mol. The zero-order valence-electron chi connectivity index (χ0n) is 11.9. The van der Waals surface area contributed by atoms with E-state index < -0.39 is 5.97 Å². The van der Waals surface area contributed by atoms with Gasteiger partial charge in [-0.2, -0.15) is 4.98 Å². The van der Waals surface area contributed by atoms with Crippen LogP contribution in [0, 0.1) is 0 Å². The van der Waals surface area contributed by atoms with Crippen LogP contribution in [-0.2, 0) is 4.74 Å². The van der Waals surface area contributed by atoms with Crippen molar-refractivity contribution in [2.75, 3.05) is 36.5 Å². The third kappa shape index (κ3) is 3.15. The number of ether oxygens (including phenoxy) is 1. The molecule has 2 heterocycles. The predicted octanol–water partition coefficient (Wildman–Crippen LogP) is 0.420. The molecule has 1 aliphatic heterocycles. The van der Waals surface area contributed by atoms with Crippen LogP contribution in [0.25, 0.3) is 0 Å². The van der Waals surface area contributed by atoms with Crippen LogP contribution >= 0.6 is 0 Å². The van der Waals surface area contributed by atoms with Gasteiger partial charge in [0.2, 0.25) is 5.95 Å². The molecule has 7 nitrogen and oxygen atoms in total. The third-order valence-electron chi connectivity index (χ3n) is 3.35. The van der Waals surface area contributed by atoms with E-state index in [0.717, 1.165) is 13.1 Å². The number of aromatic nitrogens is 2. The Morgan fingerprint density at radius 1 is 1.23 bits per heavy atom. The molecule has 7 heteroatoms. The molecule has 114 valence electrons. The predicted molar refractivity (Wildman–Crippen MR) is 79.1 cm³/mol. The first-order chi connectivity index (χ1) is 10.7. The second-order valence-corrected chi connectivity index (χ2v) is 4.80. The van der Waals surface area contributed by atoms with Crippen LogP contribution in [0.2, 0.25) is 0 Å². The number of aromatic carboxylic acids is 1. The number of benzene rings is 1. The van der Waals surface area contributed by atoms with Crippen molar-refractivity contribution in [3.05, 3.63) is 42.1 Å². The monoisotopic (exact) mass is 299 g/mol. The lowest BCUT2D eigenvalue weighted by molar-refractivity contribution is -0.254. The van der Waals surface area contributed by atoms with Crippen molar-refractivity contribution in [2.45, 2.75) is 0 Å². The molecule has 1 aromatic heterocycles. The number of morpholine rings is 1. The summed E-state index contributed by atoms with van der Waals surface area (Å²) in [6.45, 7) is 2.77. The number of para-hydroxylation sites is 1. The smallest absolute Gasteiger partial charge is 0.227 e. The number of carbonyl (C=O) groups is 1. The molecule has 0 bridgehead atoms. The Labute approximate surface area is 127 Å². The van der Waals surface area contributed by atoms with Crippen molar-refractivity contribution in [2.24, 2.45) is 0 Å². The molecule has 1 saturated heterocycles. The Hall–Kier alpha value is -2.67. The zero-order valence-corrected chi connectivity index (χ0v) is 11.9. The van der Waals surface area contributed by atoms with Crippen molar-refractivity contribution < 1.29 is 14.6 Å². The summed E-state index contributed by atoms with van der Waals surface area (Å²) in [5.41, 5.74) is 0.531. The number of hydrogen-bond donors (Lipinski definition) is 1. The maximum Gasteiger partial charge on any atom is 0.227 e. The average Bonchev–Trinajstić information content (AvgIpc) is 2.56. The fraction of sp³-hybridized carbons (Fsp3) is 0.267. The number of hydrogen-bond acceptors (Lipinski definition) is 7. The molecule has 22 heavy (non-hydrogen) atoms. The average molecular weight is 299 g/mol. The summed E-state index contributed by atoms with van der Waals surface area (Å²) in [4.78, 5) is 21.8. The molecule has 0 aliphatic carbocycles. The van der Waals surface area contributed by atoms with Gasteiger partial charge in [-0.15, -0.1) is 0 Å². The Morgan fingerprint density at radius 3 is 2.77 bits per heavy atom. The molecule has 1 aliphatic rings. The fourth-order valence-electron chi connectivity index (χ4n) is 2.24. The molecule has 1 fully saturated rings. The van der Waals surface area contributed by atoms with Crippen molar-refractivity contribution >= 4 is 23.4 Å². The van der Waals surface area contributed by atoms with Crippen LogP contribution in [0.15, 0.2) is 36.5 Å². The van der Waals surface area contributed by atoms with Gasteiger partial charge in [-0.25, -0.2) is 4.98 Å². The number of carboxylic acids is 1. The molecule has 0 atom stereocenters. The first kappa shape index (κ1) is 14.3. The minimum Gasteiger partial charge on any atom is -0.545 e. The molecule has 2 aromatic rings. The van der Waals surface area contributed by atoms with Gasteiger partial charge >= 0.3 is 0 Å². The van der Waals surface area contributed by atoms with E-state index in [0.29, 0.717) is 30.7 Å². The molecule has 0 amide bonds. The quantitative estimate of drug-likeness (QED) is 0.875. The number of rotatable bonds is 4. The molecule has 0 unspecified atom stereocenters. The number of carbonyl (C=O) groups excluding carboxylic acids is 1. The van der Waals surface area contributed by atoms with E-state index >= 15 is 0 Å². The Balaban J connectivity index is 1.82. The van der Waals surface area contributed by atoms with E-state index in [1.54, 1.807) is 30.5 Å². The van der Waals surface area contributed by atoms with E-state index in [2.05, 4.69) is 15.3 Å². The molecule has 3 rings (SSSR count). The van der Waals surface area contributed by atoms with Gasteiger partial charge in [0.05, 0.1) is 19.2 Å². The SMILES string of the molecule is O=C([O-])c1ccccc1Nc1ccnc(N2CCOCC2)n1. The second kappa shape index (κ2) is 6.40. The van der Waals surface area contributed by atoms with E-state index in [1.165, 1.54) is 6.07 Å². The molecule has 1 N–H and O–H groups in total. The van der Waals surface area contributed by atoms with Crippen molar-refractivity contribution in [1.82, 2.24) is 9.97 Å². The van der Waals surface area contributed by atoms with E-state index in [1.807, 2.05) is 4.90 Å².